The van der Waals surface area contributed by atoms with Gasteiger partial charge in [-0.25, -0.2) is 0 Å². The maximum absolute atomic E-state index is 12.8. The molecule has 1 amide bonds. The minimum atomic E-state index is -4.77. The SMILES string of the molecule is CCc1nnc(CN(CC)C(=O)Cn2cccc(C(F)(F)F)c2=O)o1. The maximum atomic E-state index is 12.8. The number of carbonyl (C=O) groups is 1. The van der Waals surface area contributed by atoms with E-state index in [2.05, 4.69) is 10.2 Å². The van der Waals surface area contributed by atoms with Gasteiger partial charge < -0.3 is 13.9 Å². The fourth-order valence-electron chi connectivity index (χ4n) is 2.16. The summed E-state index contributed by atoms with van der Waals surface area (Å²) in [6, 6.07) is 1.77. The van der Waals surface area contributed by atoms with Gasteiger partial charge in [-0.3, -0.25) is 9.59 Å². The largest absolute Gasteiger partial charge is 0.423 e. The van der Waals surface area contributed by atoms with E-state index in [0.29, 0.717) is 18.4 Å². The number of aryl methyl sites for hydroxylation is 1. The molecule has 0 aliphatic rings. The quantitative estimate of drug-likeness (QED) is 0.787. The van der Waals surface area contributed by atoms with Crippen molar-refractivity contribution in [3.8, 4) is 0 Å². The Hall–Kier alpha value is -2.65. The van der Waals surface area contributed by atoms with Gasteiger partial charge in [0, 0.05) is 19.2 Å². The normalized spacial score (nSPS) is 11.6. The van der Waals surface area contributed by atoms with Crippen molar-refractivity contribution in [2.75, 3.05) is 6.54 Å². The first-order valence-corrected chi connectivity index (χ1v) is 7.61. The van der Waals surface area contributed by atoms with Gasteiger partial charge in [0.25, 0.3) is 5.56 Å². The molecular weight excluding hydrogens is 341 g/mol. The minimum absolute atomic E-state index is 0.0239. The van der Waals surface area contributed by atoms with Crippen LogP contribution in [0.15, 0.2) is 27.5 Å². The molecule has 0 saturated carbocycles. The number of hydrogen-bond acceptors (Lipinski definition) is 5. The Bertz CT molecular complexity index is 798. The van der Waals surface area contributed by atoms with Crippen molar-refractivity contribution in [1.29, 1.82) is 0 Å². The molecule has 0 fully saturated rings. The molecule has 2 heterocycles. The number of pyridine rings is 1. The Labute approximate surface area is 141 Å². The average Bonchev–Trinajstić information content (AvgIpc) is 3.01. The van der Waals surface area contributed by atoms with Gasteiger partial charge in [-0.05, 0) is 19.1 Å². The molecule has 0 atom stereocenters. The highest BCUT2D eigenvalue weighted by Gasteiger charge is 2.34. The molecule has 0 unspecified atom stereocenters. The molecule has 0 N–H and O–H groups in total. The zero-order chi connectivity index (χ0) is 18.6. The second kappa shape index (κ2) is 7.49. The van der Waals surface area contributed by atoms with Crippen LogP contribution in [-0.2, 0) is 30.5 Å². The van der Waals surface area contributed by atoms with E-state index < -0.39 is 29.8 Å². The van der Waals surface area contributed by atoms with Crippen molar-refractivity contribution in [1.82, 2.24) is 19.7 Å². The maximum Gasteiger partial charge on any atom is 0.421 e. The molecule has 136 valence electrons. The number of amides is 1. The number of hydrogen-bond donors (Lipinski definition) is 0. The molecule has 10 heteroatoms. The average molecular weight is 358 g/mol. The highest BCUT2D eigenvalue weighted by Crippen LogP contribution is 2.25. The molecule has 2 rings (SSSR count). The third-order valence-corrected chi connectivity index (χ3v) is 3.50. The summed E-state index contributed by atoms with van der Waals surface area (Å²) < 4.78 is 44.4. The first kappa shape index (κ1) is 18.7. The summed E-state index contributed by atoms with van der Waals surface area (Å²) in [6.45, 7) is 3.32. The predicted octanol–water partition coefficient (Wildman–Crippen LogP) is 1.86. The van der Waals surface area contributed by atoms with E-state index in [1.54, 1.807) is 6.92 Å². The third kappa shape index (κ3) is 4.46. The van der Waals surface area contributed by atoms with Crippen LogP contribution in [0.2, 0.25) is 0 Å². The van der Waals surface area contributed by atoms with Crippen molar-refractivity contribution < 1.29 is 22.4 Å². The Morgan fingerprint density at radius 1 is 1.28 bits per heavy atom. The van der Waals surface area contributed by atoms with Crippen LogP contribution < -0.4 is 5.56 Å². The summed E-state index contributed by atoms with van der Waals surface area (Å²) in [6.07, 6.45) is -3.08. The summed E-state index contributed by atoms with van der Waals surface area (Å²) in [4.78, 5) is 25.5. The van der Waals surface area contributed by atoms with E-state index in [-0.39, 0.29) is 19.0 Å². The Balaban J connectivity index is 2.16. The topological polar surface area (TPSA) is 81.2 Å². The molecule has 0 spiro atoms. The Kier molecular flexibility index (Phi) is 5.60. The van der Waals surface area contributed by atoms with Crippen LogP contribution in [0.1, 0.15) is 31.2 Å². The van der Waals surface area contributed by atoms with E-state index in [1.807, 2.05) is 6.92 Å². The number of halogens is 3. The summed E-state index contributed by atoms with van der Waals surface area (Å²) in [5, 5.41) is 7.58. The van der Waals surface area contributed by atoms with Gasteiger partial charge in [0.2, 0.25) is 17.7 Å². The first-order valence-electron chi connectivity index (χ1n) is 7.61. The van der Waals surface area contributed by atoms with Crippen LogP contribution in [0.3, 0.4) is 0 Å². The number of rotatable bonds is 6. The Morgan fingerprint density at radius 3 is 2.52 bits per heavy atom. The lowest BCUT2D eigenvalue weighted by molar-refractivity contribution is -0.139. The Morgan fingerprint density at radius 2 is 1.96 bits per heavy atom. The molecule has 0 radical (unpaired) electrons. The van der Waals surface area contributed by atoms with Crippen LogP contribution in [-0.4, -0.2) is 32.1 Å². The van der Waals surface area contributed by atoms with Gasteiger partial charge in [-0.15, -0.1) is 10.2 Å². The smallest absolute Gasteiger partial charge is 0.421 e. The van der Waals surface area contributed by atoms with Crippen LogP contribution in [0, 0.1) is 0 Å². The molecule has 25 heavy (non-hydrogen) atoms. The minimum Gasteiger partial charge on any atom is -0.423 e. The van der Waals surface area contributed by atoms with Crippen molar-refractivity contribution >= 4 is 5.91 Å². The van der Waals surface area contributed by atoms with E-state index in [1.165, 1.54) is 4.90 Å². The van der Waals surface area contributed by atoms with E-state index in [0.717, 1.165) is 16.8 Å². The molecule has 7 nitrogen and oxygen atoms in total. The molecule has 0 aliphatic heterocycles. The summed E-state index contributed by atoms with van der Waals surface area (Å²) >= 11 is 0. The van der Waals surface area contributed by atoms with Gasteiger partial charge in [0.1, 0.15) is 12.1 Å². The van der Waals surface area contributed by atoms with E-state index >= 15 is 0 Å². The molecule has 0 bridgehead atoms. The second-order valence-corrected chi connectivity index (χ2v) is 5.20. The molecule has 2 aromatic rings. The van der Waals surface area contributed by atoms with Gasteiger partial charge in [0.15, 0.2) is 0 Å². The molecule has 0 saturated heterocycles. The van der Waals surface area contributed by atoms with Crippen molar-refractivity contribution in [3.63, 3.8) is 0 Å². The number of aromatic nitrogens is 3. The lowest BCUT2D eigenvalue weighted by Crippen LogP contribution is -2.37. The number of likely N-dealkylation sites (N-methyl/N-ethyl adjacent to an activating group) is 1. The van der Waals surface area contributed by atoms with Crippen LogP contribution in [0.25, 0.3) is 0 Å². The fraction of sp³-hybridized carbons (Fsp3) is 0.467. The highest BCUT2D eigenvalue weighted by molar-refractivity contribution is 5.75. The van der Waals surface area contributed by atoms with Gasteiger partial charge in [-0.2, -0.15) is 13.2 Å². The molecule has 0 aromatic carbocycles. The van der Waals surface area contributed by atoms with E-state index in [4.69, 9.17) is 4.42 Å². The van der Waals surface area contributed by atoms with Crippen LogP contribution in [0.4, 0.5) is 13.2 Å². The lowest BCUT2D eigenvalue weighted by Gasteiger charge is -2.19. The van der Waals surface area contributed by atoms with Crippen molar-refractivity contribution in [2.45, 2.75) is 39.5 Å². The van der Waals surface area contributed by atoms with Gasteiger partial charge in [-0.1, -0.05) is 6.92 Å². The molecule has 0 aliphatic carbocycles. The fourth-order valence-corrected chi connectivity index (χ4v) is 2.16. The second-order valence-electron chi connectivity index (χ2n) is 5.20. The summed E-state index contributed by atoms with van der Waals surface area (Å²) in [5.74, 6) is 0.121. The van der Waals surface area contributed by atoms with Crippen LogP contribution in [0.5, 0.6) is 0 Å². The van der Waals surface area contributed by atoms with Gasteiger partial charge in [0.05, 0.1) is 6.54 Å². The molecular formula is C15H17F3N4O3. The van der Waals surface area contributed by atoms with Crippen LogP contribution >= 0.6 is 0 Å². The predicted molar refractivity (Wildman–Crippen MR) is 80.5 cm³/mol. The standard InChI is InChI=1S/C15H17F3N4O3/c1-3-11-19-20-12(25-11)8-21(4-2)13(23)9-22-7-5-6-10(14(22)24)15(16,17)18/h5-7H,3-4,8-9H2,1-2H3. The first-order chi connectivity index (χ1) is 11.8. The summed E-state index contributed by atoms with van der Waals surface area (Å²) in [7, 11) is 0. The van der Waals surface area contributed by atoms with Crippen molar-refractivity contribution in [3.05, 3.63) is 46.0 Å². The lowest BCUT2D eigenvalue weighted by atomic mass is 10.2. The van der Waals surface area contributed by atoms with Crippen molar-refractivity contribution in [2.24, 2.45) is 0 Å². The number of nitrogens with zero attached hydrogens (tertiary/aromatic N) is 4. The molecule has 2 aromatic heterocycles. The third-order valence-electron chi connectivity index (χ3n) is 3.50. The number of alkyl halides is 3. The monoisotopic (exact) mass is 358 g/mol. The highest BCUT2D eigenvalue weighted by atomic mass is 19.4. The number of carbonyl (C=O) groups excluding carboxylic acids is 1. The zero-order valence-electron chi connectivity index (χ0n) is 13.7. The zero-order valence-corrected chi connectivity index (χ0v) is 13.7. The van der Waals surface area contributed by atoms with E-state index in [9.17, 15) is 22.8 Å². The summed E-state index contributed by atoms with van der Waals surface area (Å²) in [5.41, 5.74) is -2.57. The van der Waals surface area contributed by atoms with Gasteiger partial charge >= 0.3 is 6.18 Å².